The Kier molecular flexibility index (Phi) is 9.06. The zero-order valence-corrected chi connectivity index (χ0v) is 27.7. The molecule has 1 spiro atoms. The van der Waals surface area contributed by atoms with Gasteiger partial charge in [0.2, 0.25) is 0 Å². The largest absolute Gasteiger partial charge is 0.466 e. The molecule has 3 aliphatic heterocycles. The van der Waals surface area contributed by atoms with E-state index in [1.54, 1.807) is 4.90 Å². The molecule has 3 heterocycles. The number of benzene rings is 1. The number of aryl methyl sites for hydroxylation is 2. The summed E-state index contributed by atoms with van der Waals surface area (Å²) in [5, 5.41) is 2.88. The Morgan fingerprint density at radius 2 is 1.28 bits per heavy atom. The van der Waals surface area contributed by atoms with E-state index in [4.69, 9.17) is 18.9 Å². The van der Waals surface area contributed by atoms with Crippen LogP contribution >= 0.6 is 35.3 Å². The number of amides is 2. The van der Waals surface area contributed by atoms with E-state index in [9.17, 15) is 24.0 Å². The average molecular weight is 649 g/mol. The minimum atomic E-state index is -1.62. The summed E-state index contributed by atoms with van der Waals surface area (Å²) in [6.45, 7) is 9.68. The smallest absolute Gasteiger partial charge is 0.345 e. The van der Waals surface area contributed by atoms with Crippen LogP contribution in [0, 0.1) is 13.8 Å². The van der Waals surface area contributed by atoms with Gasteiger partial charge in [-0.3, -0.25) is 4.90 Å². The number of hydrogen-bond acceptors (Lipinski definition) is 12. The topological polar surface area (TPSA) is 138 Å². The highest BCUT2D eigenvalue weighted by atomic mass is 32.2. The molecule has 14 heteroatoms. The van der Waals surface area contributed by atoms with Crippen molar-refractivity contribution in [3.05, 3.63) is 54.0 Å². The van der Waals surface area contributed by atoms with Crippen LogP contribution in [0.25, 0.3) is 5.57 Å². The molecule has 230 valence electrons. The van der Waals surface area contributed by atoms with Crippen molar-refractivity contribution in [1.82, 2.24) is 5.32 Å². The molecule has 0 bridgehead atoms. The van der Waals surface area contributed by atoms with E-state index in [2.05, 4.69) is 5.32 Å². The number of urea groups is 1. The van der Waals surface area contributed by atoms with Gasteiger partial charge >= 0.3 is 29.9 Å². The lowest BCUT2D eigenvalue weighted by Crippen LogP contribution is -2.56. The van der Waals surface area contributed by atoms with Gasteiger partial charge < -0.3 is 24.3 Å². The number of anilines is 1. The molecular weight excluding hydrogens is 617 g/mol. The molecule has 4 rings (SSSR count). The summed E-state index contributed by atoms with van der Waals surface area (Å²) < 4.78 is 18.7. The molecule has 0 aliphatic carbocycles. The minimum Gasteiger partial charge on any atom is -0.466 e. The van der Waals surface area contributed by atoms with Gasteiger partial charge in [-0.2, -0.15) is 0 Å². The number of nitrogens with one attached hydrogen (secondary N) is 1. The molecule has 0 aromatic heterocycles. The lowest BCUT2D eigenvalue weighted by molar-refractivity contribution is -0.138. The normalized spacial score (nSPS) is 18.2. The highest BCUT2D eigenvalue weighted by Gasteiger charge is 2.61. The quantitative estimate of drug-likeness (QED) is 0.357. The van der Waals surface area contributed by atoms with Crippen LogP contribution in [0.3, 0.4) is 0 Å². The van der Waals surface area contributed by atoms with Gasteiger partial charge in [-0.15, -0.1) is 0 Å². The second kappa shape index (κ2) is 12.0. The summed E-state index contributed by atoms with van der Waals surface area (Å²) >= 11 is 2.78. The number of thioether (sulfide) groups is 3. The van der Waals surface area contributed by atoms with Crippen LogP contribution in [0.5, 0.6) is 0 Å². The third-order valence-electron chi connectivity index (χ3n) is 7.28. The summed E-state index contributed by atoms with van der Waals surface area (Å²) in [5.41, 5.74) is 2.26. The van der Waals surface area contributed by atoms with Crippen molar-refractivity contribution in [2.45, 2.75) is 44.2 Å². The molecule has 11 nitrogen and oxygen atoms in total. The van der Waals surface area contributed by atoms with Gasteiger partial charge in [0.05, 0.1) is 45.2 Å². The summed E-state index contributed by atoms with van der Waals surface area (Å²) in [6, 6.07) is 3.42. The number of rotatable bonds is 5. The Morgan fingerprint density at radius 1 is 0.791 bits per heavy atom. The first-order valence-electron chi connectivity index (χ1n) is 13.1. The van der Waals surface area contributed by atoms with Crippen LogP contribution in [0.2, 0.25) is 0 Å². The highest BCUT2D eigenvalue weighted by molar-refractivity contribution is 8.26. The lowest BCUT2D eigenvalue weighted by Gasteiger charge is -2.50. The number of esters is 4. The first-order chi connectivity index (χ1) is 20.2. The molecule has 0 saturated carbocycles. The monoisotopic (exact) mass is 648 g/mol. The number of nitrogens with zero attached hydrogens (tertiary/aromatic N) is 1. The predicted octanol–water partition coefficient (Wildman–Crippen LogP) is 4.42. The Labute approximate surface area is 262 Å². The Morgan fingerprint density at radius 3 is 1.77 bits per heavy atom. The SMILES string of the molecule is CCNC(=O)N1c2cc(C)c(C)cc2C2=C(SC(C(=O)OC)=C(C(=O)OC)C23SC(C(=O)OC)=C(C(=O)OC)S3)C1(C)C. The molecule has 1 aromatic rings. The molecule has 0 radical (unpaired) electrons. The minimum absolute atomic E-state index is 0.0976. The van der Waals surface area contributed by atoms with E-state index in [0.717, 1.165) is 46.4 Å². The molecule has 3 aliphatic rings. The number of ether oxygens (including phenoxy) is 4. The second-order valence-electron chi connectivity index (χ2n) is 10.1. The fraction of sp³-hybridized carbons (Fsp3) is 0.414. The highest BCUT2D eigenvalue weighted by Crippen LogP contribution is 2.71. The molecule has 0 atom stereocenters. The third kappa shape index (κ3) is 5.02. The van der Waals surface area contributed by atoms with E-state index < -0.39 is 33.5 Å². The van der Waals surface area contributed by atoms with Gasteiger partial charge in [-0.05, 0) is 57.9 Å². The van der Waals surface area contributed by atoms with E-state index in [0.29, 0.717) is 28.3 Å². The number of methoxy groups -OCH3 is 4. The van der Waals surface area contributed by atoms with Gasteiger partial charge in [0.25, 0.3) is 0 Å². The van der Waals surface area contributed by atoms with Crippen LogP contribution in [0.15, 0.2) is 37.3 Å². The fourth-order valence-corrected chi connectivity index (χ4v) is 10.2. The zero-order valence-electron chi connectivity index (χ0n) is 25.2. The first kappa shape index (κ1) is 32.6. The Hall–Kier alpha value is -3.36. The first-order valence-corrected chi connectivity index (χ1v) is 15.5. The van der Waals surface area contributed by atoms with Crippen molar-refractivity contribution in [3.8, 4) is 0 Å². The maximum Gasteiger partial charge on any atom is 0.345 e. The summed E-state index contributed by atoms with van der Waals surface area (Å²) in [7, 11) is 4.71. The summed E-state index contributed by atoms with van der Waals surface area (Å²) in [5.74, 6) is -3.32. The van der Waals surface area contributed by atoms with Crippen LogP contribution in [0.1, 0.15) is 37.5 Å². The molecule has 43 heavy (non-hydrogen) atoms. The molecule has 0 unspecified atom stereocenters. The van der Waals surface area contributed by atoms with Gasteiger partial charge in [-0.25, -0.2) is 24.0 Å². The van der Waals surface area contributed by atoms with Crippen molar-refractivity contribution in [2.24, 2.45) is 0 Å². The zero-order chi connectivity index (χ0) is 32.0. The van der Waals surface area contributed by atoms with Gasteiger partial charge in [0, 0.05) is 22.6 Å². The van der Waals surface area contributed by atoms with Crippen molar-refractivity contribution in [1.29, 1.82) is 0 Å². The molecule has 1 aromatic carbocycles. The van der Waals surface area contributed by atoms with E-state index in [-0.39, 0.29) is 26.3 Å². The van der Waals surface area contributed by atoms with Crippen LogP contribution in [-0.4, -0.2) is 74.5 Å². The molecular formula is C29H32N2O9S3. The van der Waals surface area contributed by atoms with E-state index >= 15 is 0 Å². The number of carbonyl (C=O) groups is 5. The molecule has 0 saturated heterocycles. The lowest BCUT2D eigenvalue weighted by atomic mass is 9.82. The Balaban J connectivity index is 2.20. The number of carbonyl (C=O) groups excluding carboxylic acids is 5. The maximum absolute atomic E-state index is 13.7. The molecule has 2 amide bonds. The van der Waals surface area contributed by atoms with E-state index in [1.165, 1.54) is 28.4 Å². The van der Waals surface area contributed by atoms with Gasteiger partial charge in [0.1, 0.15) is 18.8 Å². The standard InChI is InChI=1S/C29H32N2O9S3/c1-10-30-27(36)31-16-12-14(3)13(2)11-15(16)17-22(28(31,4)5)41-19(24(33)38-7)18(23(32)37-6)29(17)42-20(25(34)39-8)21(43-29)26(35)40-9/h11-12H,10H2,1-9H3,(H,30,36). The fourth-order valence-electron chi connectivity index (χ4n) is 5.17. The van der Waals surface area contributed by atoms with Crippen LogP contribution in [0.4, 0.5) is 10.5 Å². The van der Waals surface area contributed by atoms with Gasteiger partial charge in [0.15, 0.2) is 0 Å². The predicted molar refractivity (Wildman–Crippen MR) is 166 cm³/mol. The van der Waals surface area contributed by atoms with Gasteiger partial charge in [-0.1, -0.05) is 35.3 Å². The Bertz CT molecular complexity index is 1530. The summed E-state index contributed by atoms with van der Waals surface area (Å²) in [6.07, 6.45) is 0. The van der Waals surface area contributed by atoms with Crippen molar-refractivity contribution < 1.29 is 42.9 Å². The molecule has 1 N–H and O–H groups in total. The van der Waals surface area contributed by atoms with Crippen molar-refractivity contribution >= 4 is 76.5 Å². The van der Waals surface area contributed by atoms with Crippen LogP contribution in [-0.2, 0) is 38.1 Å². The third-order valence-corrected chi connectivity index (χ3v) is 11.9. The van der Waals surface area contributed by atoms with Crippen LogP contribution < -0.4 is 10.2 Å². The average Bonchev–Trinajstić information content (AvgIpc) is 3.36. The maximum atomic E-state index is 13.7. The summed E-state index contributed by atoms with van der Waals surface area (Å²) in [4.78, 5) is 68.8. The van der Waals surface area contributed by atoms with E-state index in [1.807, 2.05) is 46.8 Å². The van der Waals surface area contributed by atoms with Crippen molar-refractivity contribution in [2.75, 3.05) is 39.9 Å². The molecule has 0 fully saturated rings. The van der Waals surface area contributed by atoms with Crippen molar-refractivity contribution in [3.63, 3.8) is 0 Å². The second-order valence-corrected chi connectivity index (χ2v) is 13.9. The number of fused-ring (bicyclic) bond motifs is 3. The number of hydrogen-bond donors (Lipinski definition) is 1.